The van der Waals surface area contributed by atoms with Crippen LogP contribution in [-0.4, -0.2) is 22.1 Å². The van der Waals surface area contributed by atoms with E-state index in [2.05, 4.69) is 16.5 Å². The van der Waals surface area contributed by atoms with Crippen LogP contribution in [0.4, 0.5) is 0 Å². The minimum atomic E-state index is -0.303. The fourth-order valence-corrected chi connectivity index (χ4v) is 2.78. The first-order valence-corrected chi connectivity index (χ1v) is 9.07. The van der Waals surface area contributed by atoms with Crippen LogP contribution in [0, 0.1) is 0 Å². The predicted molar refractivity (Wildman–Crippen MR) is 102 cm³/mol. The highest BCUT2D eigenvalue weighted by molar-refractivity contribution is 6.31. The molecule has 5 heteroatoms. The van der Waals surface area contributed by atoms with E-state index in [1.54, 1.807) is 13.8 Å². The van der Waals surface area contributed by atoms with Crippen molar-refractivity contribution in [2.45, 2.75) is 46.6 Å². The Morgan fingerprint density at radius 3 is 2.76 bits per heavy atom. The van der Waals surface area contributed by atoms with E-state index in [-0.39, 0.29) is 5.97 Å². The Bertz CT molecular complexity index is 750. The lowest BCUT2D eigenvalue weighted by Gasteiger charge is -2.12. The topological polar surface area (TPSA) is 44.1 Å². The molecule has 0 amide bonds. The van der Waals surface area contributed by atoms with E-state index in [1.807, 2.05) is 36.5 Å². The first kappa shape index (κ1) is 19.3. The molecule has 0 aliphatic heterocycles. The number of ether oxygens (including phenoxy) is 1. The number of carbonyl (C=O) groups excluding carboxylic acids is 1. The third-order valence-corrected chi connectivity index (χ3v) is 4.34. The molecule has 0 aliphatic carbocycles. The molecule has 2 aromatic rings. The normalized spacial score (nSPS) is 11.6. The summed E-state index contributed by atoms with van der Waals surface area (Å²) in [7, 11) is 0. The van der Waals surface area contributed by atoms with Crippen LogP contribution in [0.15, 0.2) is 36.0 Å². The summed E-state index contributed by atoms with van der Waals surface area (Å²) in [4.78, 5) is 16.5. The van der Waals surface area contributed by atoms with E-state index in [1.165, 1.54) is 0 Å². The summed E-state index contributed by atoms with van der Waals surface area (Å²) in [5.41, 5.74) is 2.48. The molecule has 0 atom stereocenters. The molecule has 0 N–H and O–H groups in total. The first-order chi connectivity index (χ1) is 12.1. The van der Waals surface area contributed by atoms with Gasteiger partial charge in [-0.3, -0.25) is 0 Å². The van der Waals surface area contributed by atoms with E-state index in [0.717, 1.165) is 41.4 Å². The molecule has 0 unspecified atom stereocenters. The molecule has 0 spiro atoms. The van der Waals surface area contributed by atoms with Crippen molar-refractivity contribution in [3.63, 3.8) is 0 Å². The highest BCUT2D eigenvalue weighted by atomic mass is 35.5. The summed E-state index contributed by atoms with van der Waals surface area (Å²) in [5, 5.41) is 0.731. The number of unbranched alkanes of at least 4 members (excludes halogenated alkanes) is 1. The molecular formula is C20H25ClN2O2. The Labute approximate surface area is 154 Å². The van der Waals surface area contributed by atoms with Crippen LogP contribution >= 0.6 is 11.6 Å². The number of halogens is 1. The fraction of sp³-hybridized carbons (Fsp3) is 0.400. The number of carbonyl (C=O) groups is 1. The fourth-order valence-electron chi connectivity index (χ4n) is 2.58. The molecule has 0 saturated heterocycles. The van der Waals surface area contributed by atoms with Crippen LogP contribution in [0.1, 0.15) is 50.7 Å². The van der Waals surface area contributed by atoms with Gasteiger partial charge in [0.25, 0.3) is 0 Å². The van der Waals surface area contributed by atoms with Gasteiger partial charge in [0, 0.05) is 17.0 Å². The average Bonchev–Trinajstić information content (AvgIpc) is 2.97. The number of hydrogen-bond acceptors (Lipinski definition) is 3. The Hall–Kier alpha value is -2.07. The minimum Gasteiger partial charge on any atom is -0.463 e. The van der Waals surface area contributed by atoms with Gasteiger partial charge in [0.2, 0.25) is 0 Å². The van der Waals surface area contributed by atoms with E-state index in [4.69, 9.17) is 16.3 Å². The molecule has 4 nitrogen and oxygen atoms in total. The van der Waals surface area contributed by atoms with E-state index < -0.39 is 0 Å². The molecular weight excluding hydrogens is 336 g/mol. The van der Waals surface area contributed by atoms with Crippen molar-refractivity contribution in [1.29, 1.82) is 0 Å². The SMILES string of the molecule is CCCCc1ncc(C=C(C)C(=O)OCC)n1Cc1ccccc1Cl. The summed E-state index contributed by atoms with van der Waals surface area (Å²) < 4.78 is 7.19. The second-order valence-corrected chi connectivity index (χ2v) is 6.34. The van der Waals surface area contributed by atoms with Crippen molar-refractivity contribution in [2.75, 3.05) is 6.61 Å². The maximum atomic E-state index is 11.9. The lowest BCUT2D eigenvalue weighted by molar-refractivity contribution is -0.138. The molecule has 1 aromatic carbocycles. The lowest BCUT2D eigenvalue weighted by Crippen LogP contribution is -2.09. The van der Waals surface area contributed by atoms with Gasteiger partial charge in [-0.2, -0.15) is 0 Å². The van der Waals surface area contributed by atoms with Gasteiger partial charge in [-0.1, -0.05) is 43.1 Å². The maximum Gasteiger partial charge on any atom is 0.333 e. The number of benzene rings is 1. The van der Waals surface area contributed by atoms with E-state index in [9.17, 15) is 4.79 Å². The number of imidazole rings is 1. The van der Waals surface area contributed by atoms with Gasteiger partial charge in [0.1, 0.15) is 5.82 Å². The molecule has 0 bridgehead atoms. The van der Waals surface area contributed by atoms with Crippen LogP contribution in [0.5, 0.6) is 0 Å². The van der Waals surface area contributed by atoms with Gasteiger partial charge < -0.3 is 9.30 Å². The van der Waals surface area contributed by atoms with E-state index >= 15 is 0 Å². The van der Waals surface area contributed by atoms with Crippen LogP contribution < -0.4 is 0 Å². The van der Waals surface area contributed by atoms with Crippen molar-refractivity contribution >= 4 is 23.6 Å². The second kappa shape index (κ2) is 9.42. The van der Waals surface area contributed by atoms with Gasteiger partial charge in [-0.25, -0.2) is 9.78 Å². The standard InChI is InChI=1S/C20H25ClN2O2/c1-4-6-11-19-22-13-17(12-15(3)20(24)25-5-2)23(19)14-16-9-7-8-10-18(16)21/h7-10,12-13H,4-6,11,14H2,1-3H3. The van der Waals surface area contributed by atoms with Gasteiger partial charge in [-0.15, -0.1) is 0 Å². The largest absolute Gasteiger partial charge is 0.463 e. The van der Waals surface area contributed by atoms with Crippen LogP contribution in [-0.2, 0) is 22.5 Å². The van der Waals surface area contributed by atoms with E-state index in [0.29, 0.717) is 18.7 Å². The van der Waals surface area contributed by atoms with Crippen LogP contribution in [0.2, 0.25) is 5.02 Å². The highest BCUT2D eigenvalue weighted by Gasteiger charge is 2.12. The Morgan fingerprint density at radius 2 is 2.08 bits per heavy atom. The van der Waals surface area contributed by atoms with Gasteiger partial charge in [0.05, 0.1) is 25.0 Å². The Morgan fingerprint density at radius 1 is 1.32 bits per heavy atom. The molecule has 0 aliphatic rings. The number of rotatable bonds is 8. The lowest BCUT2D eigenvalue weighted by atomic mass is 10.2. The van der Waals surface area contributed by atoms with Crippen molar-refractivity contribution in [3.05, 3.63) is 58.1 Å². The molecule has 2 rings (SSSR count). The van der Waals surface area contributed by atoms with Crippen molar-refractivity contribution < 1.29 is 9.53 Å². The zero-order valence-corrected chi connectivity index (χ0v) is 15.8. The Kier molecular flexibility index (Phi) is 7.26. The number of aryl methyl sites for hydroxylation is 1. The predicted octanol–water partition coefficient (Wildman–Crippen LogP) is 4.89. The molecule has 0 saturated carbocycles. The maximum absolute atomic E-state index is 11.9. The number of hydrogen-bond donors (Lipinski definition) is 0. The smallest absolute Gasteiger partial charge is 0.333 e. The van der Waals surface area contributed by atoms with Crippen molar-refractivity contribution in [2.24, 2.45) is 0 Å². The number of nitrogens with zero attached hydrogens (tertiary/aromatic N) is 2. The zero-order valence-electron chi connectivity index (χ0n) is 15.1. The van der Waals surface area contributed by atoms with Crippen LogP contribution in [0.25, 0.3) is 6.08 Å². The molecule has 0 fully saturated rings. The van der Waals surface area contributed by atoms with Gasteiger partial charge >= 0.3 is 5.97 Å². The summed E-state index contributed by atoms with van der Waals surface area (Å²) in [5.74, 6) is 0.702. The highest BCUT2D eigenvalue weighted by Crippen LogP contribution is 2.20. The van der Waals surface area contributed by atoms with Crippen molar-refractivity contribution in [1.82, 2.24) is 9.55 Å². The molecule has 1 aromatic heterocycles. The molecule has 25 heavy (non-hydrogen) atoms. The van der Waals surface area contributed by atoms with Gasteiger partial charge in [0.15, 0.2) is 0 Å². The summed E-state index contributed by atoms with van der Waals surface area (Å²) in [6.07, 6.45) is 6.71. The first-order valence-electron chi connectivity index (χ1n) is 8.70. The minimum absolute atomic E-state index is 0.303. The molecule has 134 valence electrons. The number of aromatic nitrogens is 2. The molecule has 0 radical (unpaired) electrons. The monoisotopic (exact) mass is 360 g/mol. The summed E-state index contributed by atoms with van der Waals surface area (Å²) in [6.45, 7) is 6.71. The third kappa shape index (κ3) is 5.20. The van der Waals surface area contributed by atoms with Crippen LogP contribution in [0.3, 0.4) is 0 Å². The third-order valence-electron chi connectivity index (χ3n) is 3.97. The Balaban J connectivity index is 2.36. The van der Waals surface area contributed by atoms with Crippen molar-refractivity contribution in [3.8, 4) is 0 Å². The number of esters is 1. The quantitative estimate of drug-likeness (QED) is 0.497. The second-order valence-electron chi connectivity index (χ2n) is 5.93. The molecule has 1 heterocycles. The average molecular weight is 361 g/mol. The summed E-state index contributed by atoms with van der Waals surface area (Å²) >= 11 is 6.32. The van der Waals surface area contributed by atoms with Gasteiger partial charge in [-0.05, 0) is 38.0 Å². The zero-order chi connectivity index (χ0) is 18.2. The summed E-state index contributed by atoms with van der Waals surface area (Å²) in [6, 6.07) is 7.79.